The van der Waals surface area contributed by atoms with E-state index in [1.165, 1.54) is 0 Å². The normalized spacial score (nSPS) is 17.1. The number of piperidine rings is 1. The largest absolute Gasteiger partial charge is 0.493 e. The van der Waals surface area contributed by atoms with E-state index >= 15 is 0 Å². The standard InChI is InChI=1S/C25H30ClN3O4/c1-32-22-7-6-19(16-23(22)33-2)25(31)28-10-8-18(9-11-28)24(30)29-14-12-27(13-15-29)21-5-3-4-20(26)17-21/h3-7,16-18H,8-15H2,1-2H3. The number of ether oxygens (including phenoxy) is 2. The number of piperazine rings is 1. The number of methoxy groups -OCH3 is 2. The first-order valence-electron chi connectivity index (χ1n) is 11.3. The van der Waals surface area contributed by atoms with Gasteiger partial charge in [0, 0.05) is 61.5 Å². The summed E-state index contributed by atoms with van der Waals surface area (Å²) >= 11 is 6.12. The van der Waals surface area contributed by atoms with Crippen LogP contribution in [0, 0.1) is 5.92 Å². The lowest BCUT2D eigenvalue weighted by Crippen LogP contribution is -2.52. The van der Waals surface area contributed by atoms with Crippen molar-refractivity contribution in [2.24, 2.45) is 5.92 Å². The topological polar surface area (TPSA) is 62.3 Å². The van der Waals surface area contributed by atoms with Gasteiger partial charge in [-0.3, -0.25) is 9.59 Å². The van der Waals surface area contributed by atoms with E-state index in [4.69, 9.17) is 21.1 Å². The Kier molecular flexibility index (Phi) is 7.28. The Bertz CT molecular complexity index is 999. The first-order chi connectivity index (χ1) is 16.0. The third-order valence-electron chi connectivity index (χ3n) is 6.53. The highest BCUT2D eigenvalue weighted by molar-refractivity contribution is 6.30. The highest BCUT2D eigenvalue weighted by Gasteiger charge is 2.32. The van der Waals surface area contributed by atoms with Gasteiger partial charge in [-0.15, -0.1) is 0 Å². The minimum absolute atomic E-state index is 0.0304. The van der Waals surface area contributed by atoms with Gasteiger partial charge in [-0.25, -0.2) is 0 Å². The fourth-order valence-corrected chi connectivity index (χ4v) is 4.78. The number of hydrogen-bond donors (Lipinski definition) is 0. The van der Waals surface area contributed by atoms with Gasteiger partial charge in [-0.1, -0.05) is 17.7 Å². The summed E-state index contributed by atoms with van der Waals surface area (Å²) in [6.07, 6.45) is 1.37. The first-order valence-corrected chi connectivity index (χ1v) is 11.7. The van der Waals surface area contributed by atoms with Gasteiger partial charge in [-0.2, -0.15) is 0 Å². The molecule has 2 aromatic carbocycles. The molecule has 33 heavy (non-hydrogen) atoms. The van der Waals surface area contributed by atoms with Gasteiger partial charge < -0.3 is 24.2 Å². The van der Waals surface area contributed by atoms with Crippen molar-refractivity contribution in [2.45, 2.75) is 12.8 Å². The number of hydrogen-bond acceptors (Lipinski definition) is 5. The van der Waals surface area contributed by atoms with Crippen molar-refractivity contribution in [3.63, 3.8) is 0 Å². The van der Waals surface area contributed by atoms with Crippen molar-refractivity contribution in [2.75, 3.05) is 58.4 Å². The van der Waals surface area contributed by atoms with Crippen molar-refractivity contribution in [3.05, 3.63) is 53.1 Å². The van der Waals surface area contributed by atoms with E-state index in [2.05, 4.69) is 11.0 Å². The van der Waals surface area contributed by atoms with Gasteiger partial charge in [0.25, 0.3) is 5.91 Å². The van der Waals surface area contributed by atoms with Crippen LogP contribution in [0.15, 0.2) is 42.5 Å². The molecule has 0 bridgehead atoms. The number of amides is 2. The summed E-state index contributed by atoms with van der Waals surface area (Å²) in [7, 11) is 3.12. The molecule has 2 saturated heterocycles. The molecule has 176 valence electrons. The maximum absolute atomic E-state index is 13.1. The van der Waals surface area contributed by atoms with Gasteiger partial charge in [0.2, 0.25) is 5.91 Å². The van der Waals surface area contributed by atoms with E-state index in [-0.39, 0.29) is 17.7 Å². The summed E-state index contributed by atoms with van der Waals surface area (Å²) in [4.78, 5) is 32.1. The summed E-state index contributed by atoms with van der Waals surface area (Å²) in [5.41, 5.74) is 1.66. The van der Waals surface area contributed by atoms with Crippen LogP contribution >= 0.6 is 11.6 Å². The minimum Gasteiger partial charge on any atom is -0.493 e. The number of halogens is 1. The fourth-order valence-electron chi connectivity index (χ4n) is 4.60. The number of rotatable bonds is 5. The maximum atomic E-state index is 13.1. The molecule has 0 N–H and O–H groups in total. The van der Waals surface area contributed by atoms with E-state index in [9.17, 15) is 9.59 Å². The Balaban J connectivity index is 1.29. The van der Waals surface area contributed by atoms with E-state index in [0.717, 1.165) is 23.8 Å². The maximum Gasteiger partial charge on any atom is 0.253 e. The Morgan fingerprint density at radius 1 is 0.848 bits per heavy atom. The molecule has 7 nitrogen and oxygen atoms in total. The second kappa shape index (κ2) is 10.3. The third-order valence-corrected chi connectivity index (χ3v) is 6.76. The predicted octanol–water partition coefficient (Wildman–Crippen LogP) is 3.56. The minimum atomic E-state index is -0.0445. The SMILES string of the molecule is COc1ccc(C(=O)N2CCC(C(=O)N3CCN(c4cccc(Cl)c4)CC3)CC2)cc1OC. The number of anilines is 1. The molecule has 2 aliphatic heterocycles. The van der Waals surface area contributed by atoms with Crippen LogP contribution in [-0.2, 0) is 4.79 Å². The third kappa shape index (κ3) is 5.19. The predicted molar refractivity (Wildman–Crippen MR) is 128 cm³/mol. The molecule has 0 unspecified atom stereocenters. The molecule has 0 saturated carbocycles. The van der Waals surface area contributed by atoms with Gasteiger partial charge in [0.15, 0.2) is 11.5 Å². The Labute approximate surface area is 199 Å². The van der Waals surface area contributed by atoms with E-state index in [0.29, 0.717) is 56.1 Å². The summed E-state index contributed by atoms with van der Waals surface area (Å²) in [5, 5.41) is 0.723. The van der Waals surface area contributed by atoms with Crippen molar-refractivity contribution in [3.8, 4) is 11.5 Å². The molecule has 2 fully saturated rings. The second-order valence-corrected chi connectivity index (χ2v) is 8.86. The van der Waals surface area contributed by atoms with Crippen LogP contribution in [-0.4, -0.2) is 75.1 Å². The van der Waals surface area contributed by atoms with Crippen LogP contribution in [0.5, 0.6) is 11.5 Å². The van der Waals surface area contributed by atoms with Crippen LogP contribution in [0.25, 0.3) is 0 Å². The van der Waals surface area contributed by atoms with Gasteiger partial charge in [-0.05, 0) is 49.2 Å². The van der Waals surface area contributed by atoms with Gasteiger partial charge in [0.1, 0.15) is 0 Å². The molecule has 8 heteroatoms. The average Bonchev–Trinajstić information content (AvgIpc) is 2.87. The monoisotopic (exact) mass is 471 g/mol. The van der Waals surface area contributed by atoms with Gasteiger partial charge in [0.05, 0.1) is 14.2 Å². The van der Waals surface area contributed by atoms with Crippen molar-refractivity contribution < 1.29 is 19.1 Å². The van der Waals surface area contributed by atoms with E-state index < -0.39 is 0 Å². The fraction of sp³-hybridized carbons (Fsp3) is 0.440. The first kappa shape index (κ1) is 23.2. The molecule has 0 aliphatic carbocycles. The zero-order valence-electron chi connectivity index (χ0n) is 19.1. The number of nitrogens with zero attached hydrogens (tertiary/aromatic N) is 3. The average molecular weight is 472 g/mol. The van der Waals surface area contributed by atoms with Gasteiger partial charge >= 0.3 is 0 Å². The van der Waals surface area contributed by atoms with Crippen molar-refractivity contribution >= 4 is 29.1 Å². The molecule has 0 radical (unpaired) electrons. The number of benzene rings is 2. The summed E-state index contributed by atoms with van der Waals surface area (Å²) in [5.74, 6) is 1.26. The van der Waals surface area contributed by atoms with Crippen molar-refractivity contribution in [1.29, 1.82) is 0 Å². The molecule has 2 aromatic rings. The number of likely N-dealkylation sites (tertiary alicyclic amines) is 1. The summed E-state index contributed by atoms with van der Waals surface area (Å²) in [6, 6.07) is 13.0. The molecule has 0 atom stereocenters. The van der Waals surface area contributed by atoms with E-state index in [1.54, 1.807) is 32.4 Å². The highest BCUT2D eigenvalue weighted by atomic mass is 35.5. The lowest BCUT2D eigenvalue weighted by molar-refractivity contribution is -0.137. The molecule has 4 rings (SSSR count). The highest BCUT2D eigenvalue weighted by Crippen LogP contribution is 2.29. The van der Waals surface area contributed by atoms with E-state index in [1.807, 2.05) is 28.0 Å². The molecule has 0 aromatic heterocycles. The Morgan fingerprint density at radius 2 is 1.55 bits per heavy atom. The molecule has 2 heterocycles. The van der Waals surface area contributed by atoms with Crippen LogP contribution in [0.1, 0.15) is 23.2 Å². The van der Waals surface area contributed by atoms with Crippen LogP contribution < -0.4 is 14.4 Å². The Hall–Kier alpha value is -2.93. The molecule has 2 amide bonds. The van der Waals surface area contributed by atoms with Crippen LogP contribution in [0.3, 0.4) is 0 Å². The molecule has 0 spiro atoms. The Morgan fingerprint density at radius 3 is 2.18 bits per heavy atom. The van der Waals surface area contributed by atoms with Crippen LogP contribution in [0.2, 0.25) is 5.02 Å². The number of carbonyl (C=O) groups excluding carboxylic acids is 2. The zero-order valence-corrected chi connectivity index (χ0v) is 19.9. The van der Waals surface area contributed by atoms with Crippen molar-refractivity contribution in [1.82, 2.24) is 9.80 Å². The quantitative estimate of drug-likeness (QED) is 0.667. The zero-order chi connectivity index (χ0) is 23.4. The lowest BCUT2D eigenvalue weighted by atomic mass is 9.94. The lowest BCUT2D eigenvalue weighted by Gasteiger charge is -2.39. The molecular weight excluding hydrogens is 442 g/mol. The summed E-state index contributed by atoms with van der Waals surface area (Å²) in [6.45, 7) is 4.15. The van der Waals surface area contributed by atoms with Crippen LogP contribution in [0.4, 0.5) is 5.69 Å². The molecular formula is C25H30ClN3O4. The summed E-state index contributed by atoms with van der Waals surface area (Å²) < 4.78 is 10.6. The number of carbonyl (C=O) groups is 2. The smallest absolute Gasteiger partial charge is 0.253 e. The molecule has 2 aliphatic rings. The second-order valence-electron chi connectivity index (χ2n) is 8.43.